The summed E-state index contributed by atoms with van der Waals surface area (Å²) in [6.07, 6.45) is -0.734. The van der Waals surface area contributed by atoms with Crippen LogP contribution in [0.2, 0.25) is 0 Å². The predicted octanol–water partition coefficient (Wildman–Crippen LogP) is -0.483. The van der Waals surface area contributed by atoms with Gasteiger partial charge in [-0.15, -0.1) is 0 Å². The van der Waals surface area contributed by atoms with Crippen molar-refractivity contribution < 1.29 is 15.1 Å². The van der Waals surface area contributed by atoms with E-state index < -0.39 is 6.10 Å². The minimum absolute atomic E-state index is 0.238. The molecule has 0 bridgehead atoms. The second kappa shape index (κ2) is 6.54. The van der Waals surface area contributed by atoms with Crippen LogP contribution in [0.5, 0.6) is 0 Å². The van der Waals surface area contributed by atoms with E-state index in [9.17, 15) is 0 Å². The maximum absolute atomic E-state index is 8.83. The molecule has 0 aromatic carbocycles. The molecule has 0 aliphatic rings. The topological polar surface area (TPSA) is 61.7 Å². The molecule has 0 heterocycles. The van der Waals surface area contributed by atoms with Crippen LogP contribution in [0.1, 0.15) is 13.8 Å². The average molecular weight is 163 g/mol. The first kappa shape index (κ1) is 10.8. The van der Waals surface area contributed by atoms with Gasteiger partial charge in [0.25, 0.3) is 0 Å². The molecule has 0 aromatic heterocycles. The molecule has 11 heavy (non-hydrogen) atoms. The molecule has 4 heteroatoms. The summed E-state index contributed by atoms with van der Waals surface area (Å²) in [5.74, 6) is 0.466. The van der Waals surface area contributed by atoms with Crippen molar-refractivity contribution in [2.45, 2.75) is 20.0 Å². The first-order valence-electron chi connectivity index (χ1n) is 3.80. The van der Waals surface area contributed by atoms with E-state index in [0.29, 0.717) is 12.5 Å². The van der Waals surface area contributed by atoms with Crippen LogP contribution in [0.15, 0.2) is 0 Å². The van der Waals surface area contributed by atoms with Gasteiger partial charge in [-0.1, -0.05) is 13.8 Å². The maximum Gasteiger partial charge on any atom is 0.0918 e. The molecule has 0 saturated heterocycles. The van der Waals surface area contributed by atoms with Gasteiger partial charge < -0.3 is 15.1 Å². The van der Waals surface area contributed by atoms with Gasteiger partial charge in [-0.25, -0.2) is 0 Å². The molecule has 0 fully saturated rings. The first-order valence-corrected chi connectivity index (χ1v) is 3.80. The Bertz CT molecular complexity index is 87.8. The smallest absolute Gasteiger partial charge is 0.0918 e. The SMILES string of the molecule is CC(C)CONCC(O)CO. The molecule has 68 valence electrons. The molecule has 0 aliphatic carbocycles. The summed E-state index contributed by atoms with van der Waals surface area (Å²) in [7, 11) is 0. The van der Waals surface area contributed by atoms with Crippen LogP contribution in [0, 0.1) is 5.92 Å². The van der Waals surface area contributed by atoms with Crippen molar-refractivity contribution in [2.75, 3.05) is 19.8 Å². The zero-order valence-electron chi connectivity index (χ0n) is 7.08. The number of aliphatic hydroxyl groups excluding tert-OH is 2. The standard InChI is InChI=1S/C7H17NO3/c1-6(2)5-11-8-3-7(10)4-9/h6-10H,3-5H2,1-2H3. The van der Waals surface area contributed by atoms with Crippen molar-refractivity contribution in [3.8, 4) is 0 Å². The first-order chi connectivity index (χ1) is 5.16. The second-order valence-electron chi connectivity index (χ2n) is 2.89. The van der Waals surface area contributed by atoms with Gasteiger partial charge in [0.05, 0.1) is 19.3 Å². The van der Waals surface area contributed by atoms with Crippen LogP contribution < -0.4 is 5.48 Å². The van der Waals surface area contributed by atoms with Crippen LogP contribution in [0.4, 0.5) is 0 Å². The van der Waals surface area contributed by atoms with E-state index in [2.05, 4.69) is 5.48 Å². The summed E-state index contributed by atoms with van der Waals surface area (Å²) in [5.41, 5.74) is 2.56. The van der Waals surface area contributed by atoms with Crippen LogP contribution in [-0.4, -0.2) is 36.1 Å². The number of nitrogens with one attached hydrogen (secondary N) is 1. The minimum atomic E-state index is -0.734. The fourth-order valence-corrected chi connectivity index (χ4v) is 0.445. The van der Waals surface area contributed by atoms with Gasteiger partial charge >= 0.3 is 0 Å². The van der Waals surface area contributed by atoms with E-state index in [1.165, 1.54) is 0 Å². The zero-order valence-corrected chi connectivity index (χ0v) is 7.08. The largest absolute Gasteiger partial charge is 0.394 e. The number of hydrogen-bond donors (Lipinski definition) is 3. The summed E-state index contributed by atoms with van der Waals surface area (Å²) in [6.45, 7) is 4.70. The predicted molar refractivity (Wildman–Crippen MR) is 41.9 cm³/mol. The van der Waals surface area contributed by atoms with E-state index in [0.717, 1.165) is 0 Å². The molecule has 1 unspecified atom stereocenters. The highest BCUT2D eigenvalue weighted by molar-refractivity contribution is 4.51. The van der Waals surface area contributed by atoms with Crippen molar-refractivity contribution in [1.29, 1.82) is 0 Å². The van der Waals surface area contributed by atoms with Crippen LogP contribution in [0.3, 0.4) is 0 Å². The van der Waals surface area contributed by atoms with Crippen LogP contribution >= 0.6 is 0 Å². The summed E-state index contributed by atoms with van der Waals surface area (Å²) < 4.78 is 0. The highest BCUT2D eigenvalue weighted by atomic mass is 16.6. The average Bonchev–Trinajstić information content (AvgIpc) is 1.97. The molecule has 0 saturated carbocycles. The highest BCUT2D eigenvalue weighted by Crippen LogP contribution is 1.89. The second-order valence-corrected chi connectivity index (χ2v) is 2.89. The van der Waals surface area contributed by atoms with Gasteiger partial charge in [0.1, 0.15) is 0 Å². The van der Waals surface area contributed by atoms with E-state index >= 15 is 0 Å². The number of hydrogen-bond acceptors (Lipinski definition) is 4. The molecule has 0 radical (unpaired) electrons. The van der Waals surface area contributed by atoms with Crippen molar-refractivity contribution >= 4 is 0 Å². The van der Waals surface area contributed by atoms with E-state index in [1.807, 2.05) is 13.8 Å². The van der Waals surface area contributed by atoms with Gasteiger partial charge in [0.15, 0.2) is 0 Å². The van der Waals surface area contributed by atoms with Gasteiger partial charge in [-0.2, -0.15) is 5.48 Å². The molecule has 0 aliphatic heterocycles. The van der Waals surface area contributed by atoms with E-state index in [4.69, 9.17) is 15.1 Å². The van der Waals surface area contributed by atoms with Crippen molar-refractivity contribution in [3.63, 3.8) is 0 Å². The molecule has 0 amide bonds. The molecule has 4 nitrogen and oxygen atoms in total. The van der Waals surface area contributed by atoms with Gasteiger partial charge in [-0.05, 0) is 5.92 Å². The highest BCUT2D eigenvalue weighted by Gasteiger charge is 2.00. The van der Waals surface area contributed by atoms with Gasteiger partial charge in [0.2, 0.25) is 0 Å². The molecule has 3 N–H and O–H groups in total. The Labute approximate surface area is 67.1 Å². The summed E-state index contributed by atoms with van der Waals surface area (Å²) >= 11 is 0. The molecule has 0 aromatic rings. The summed E-state index contributed by atoms with van der Waals surface area (Å²) in [5, 5.41) is 17.2. The number of rotatable bonds is 6. The fraction of sp³-hybridized carbons (Fsp3) is 1.00. The zero-order chi connectivity index (χ0) is 8.69. The third-order valence-corrected chi connectivity index (χ3v) is 1.05. The molecular weight excluding hydrogens is 146 g/mol. The lowest BCUT2D eigenvalue weighted by molar-refractivity contribution is -0.0102. The van der Waals surface area contributed by atoms with Gasteiger partial charge in [0, 0.05) is 6.54 Å². The summed E-state index contributed by atoms with van der Waals surface area (Å²) in [4.78, 5) is 4.95. The lowest BCUT2D eigenvalue weighted by Gasteiger charge is -2.10. The Hall–Kier alpha value is -0.160. The van der Waals surface area contributed by atoms with Crippen molar-refractivity contribution in [3.05, 3.63) is 0 Å². The Morgan fingerprint density at radius 3 is 2.55 bits per heavy atom. The molecule has 0 rings (SSSR count). The van der Waals surface area contributed by atoms with Crippen LogP contribution in [-0.2, 0) is 4.84 Å². The van der Waals surface area contributed by atoms with E-state index in [-0.39, 0.29) is 13.2 Å². The summed E-state index contributed by atoms with van der Waals surface area (Å²) in [6, 6.07) is 0. The van der Waals surface area contributed by atoms with Gasteiger partial charge in [-0.3, -0.25) is 0 Å². The number of aliphatic hydroxyl groups is 2. The maximum atomic E-state index is 8.83. The molecule has 1 atom stereocenters. The van der Waals surface area contributed by atoms with Crippen molar-refractivity contribution in [1.82, 2.24) is 5.48 Å². The fourth-order valence-electron chi connectivity index (χ4n) is 0.445. The molecule has 0 spiro atoms. The third kappa shape index (κ3) is 7.74. The Balaban J connectivity index is 3.01. The Kier molecular flexibility index (Phi) is 6.45. The molecular formula is C7H17NO3. The monoisotopic (exact) mass is 163 g/mol. The Morgan fingerprint density at radius 2 is 2.09 bits per heavy atom. The minimum Gasteiger partial charge on any atom is -0.394 e. The quantitative estimate of drug-likeness (QED) is 0.365. The Morgan fingerprint density at radius 1 is 1.45 bits per heavy atom. The van der Waals surface area contributed by atoms with Crippen molar-refractivity contribution in [2.24, 2.45) is 5.92 Å². The number of hydroxylamine groups is 1. The third-order valence-electron chi connectivity index (χ3n) is 1.05. The lowest BCUT2D eigenvalue weighted by Crippen LogP contribution is -2.30. The lowest BCUT2D eigenvalue weighted by atomic mass is 10.2. The van der Waals surface area contributed by atoms with E-state index in [1.54, 1.807) is 0 Å². The van der Waals surface area contributed by atoms with Crippen LogP contribution in [0.25, 0.3) is 0 Å². The normalized spacial score (nSPS) is 13.9.